The molecule has 2 N–H and O–H groups in total. The van der Waals surface area contributed by atoms with Crippen LogP contribution in [-0.4, -0.2) is 17.0 Å². The van der Waals surface area contributed by atoms with Crippen LogP contribution in [0.5, 0.6) is 0 Å². The Morgan fingerprint density at radius 2 is 2.00 bits per heavy atom. The molecule has 2 aliphatic heterocycles. The van der Waals surface area contributed by atoms with Gasteiger partial charge < -0.3 is 15.3 Å². The number of carbonyl (C=O) groups is 2. The van der Waals surface area contributed by atoms with Crippen LogP contribution in [0.4, 0.5) is 17.1 Å². The van der Waals surface area contributed by atoms with Crippen molar-refractivity contribution in [2.75, 3.05) is 10.2 Å². The van der Waals surface area contributed by atoms with Crippen molar-refractivity contribution in [2.24, 2.45) is 5.92 Å². The zero-order valence-electron chi connectivity index (χ0n) is 12.7. The average Bonchev–Trinajstić information content (AvgIpc) is 2.70. The first-order valence-corrected chi connectivity index (χ1v) is 8.14. The summed E-state index contributed by atoms with van der Waals surface area (Å²) in [5.41, 5.74) is 2.99. The molecular weight excluding hydrogens is 328 g/mol. The van der Waals surface area contributed by atoms with E-state index in [1.54, 1.807) is 17.0 Å². The third-order valence-corrected chi connectivity index (χ3v) is 4.92. The number of nitrogens with zero attached hydrogens (tertiary/aromatic N) is 1. The maximum atomic E-state index is 12.7. The summed E-state index contributed by atoms with van der Waals surface area (Å²) in [6, 6.07) is 12.2. The molecule has 0 radical (unpaired) electrons. The molecule has 2 heterocycles. The molecular formula is C18H15ClN2O3. The minimum absolute atomic E-state index is 0.0838. The molecule has 2 aromatic rings. The van der Waals surface area contributed by atoms with Gasteiger partial charge >= 0.3 is 5.97 Å². The van der Waals surface area contributed by atoms with E-state index < -0.39 is 17.9 Å². The minimum Gasteiger partial charge on any atom is -0.481 e. The van der Waals surface area contributed by atoms with Crippen LogP contribution in [0.3, 0.4) is 0 Å². The van der Waals surface area contributed by atoms with Gasteiger partial charge in [-0.3, -0.25) is 9.59 Å². The lowest BCUT2D eigenvalue weighted by molar-refractivity contribution is -0.144. The highest BCUT2D eigenvalue weighted by atomic mass is 35.5. The predicted molar refractivity (Wildman–Crippen MR) is 91.8 cm³/mol. The number of fused-ring (bicyclic) bond motifs is 5. The van der Waals surface area contributed by atoms with Crippen molar-refractivity contribution in [3.63, 3.8) is 0 Å². The van der Waals surface area contributed by atoms with Crippen molar-refractivity contribution < 1.29 is 14.7 Å². The lowest BCUT2D eigenvalue weighted by atomic mass is 9.83. The lowest BCUT2D eigenvalue weighted by Crippen LogP contribution is -2.45. The third kappa shape index (κ3) is 2.24. The van der Waals surface area contributed by atoms with Crippen LogP contribution in [0.15, 0.2) is 42.5 Å². The SMILES string of the molecule is O=C(O)C1CCC(=O)N2c3cc(Cl)ccc3Nc3ccccc3C12. The Labute approximate surface area is 143 Å². The number of nitrogens with one attached hydrogen (secondary N) is 1. The number of anilines is 3. The Bertz CT molecular complexity index is 852. The maximum absolute atomic E-state index is 12.7. The second-order valence-electron chi connectivity index (χ2n) is 6.07. The highest BCUT2D eigenvalue weighted by Crippen LogP contribution is 2.48. The van der Waals surface area contributed by atoms with Crippen LogP contribution < -0.4 is 10.2 Å². The van der Waals surface area contributed by atoms with Crippen molar-refractivity contribution in [1.29, 1.82) is 0 Å². The highest BCUT2D eigenvalue weighted by molar-refractivity contribution is 6.31. The van der Waals surface area contributed by atoms with Gasteiger partial charge in [0.05, 0.1) is 23.3 Å². The lowest BCUT2D eigenvalue weighted by Gasteiger charge is -2.39. The number of rotatable bonds is 1. The average molecular weight is 343 g/mol. The molecule has 2 atom stereocenters. The van der Waals surface area contributed by atoms with Crippen molar-refractivity contribution in [2.45, 2.75) is 18.9 Å². The summed E-state index contributed by atoms with van der Waals surface area (Å²) in [6.45, 7) is 0. The Balaban J connectivity index is 2.00. The zero-order valence-corrected chi connectivity index (χ0v) is 13.5. The van der Waals surface area contributed by atoms with Gasteiger partial charge in [0.15, 0.2) is 0 Å². The molecule has 0 aliphatic carbocycles. The molecule has 0 spiro atoms. The monoisotopic (exact) mass is 342 g/mol. The maximum Gasteiger partial charge on any atom is 0.308 e. The van der Waals surface area contributed by atoms with E-state index in [0.29, 0.717) is 17.1 Å². The van der Waals surface area contributed by atoms with Gasteiger partial charge in [0.1, 0.15) is 0 Å². The topological polar surface area (TPSA) is 69.6 Å². The summed E-state index contributed by atoms with van der Waals surface area (Å²) < 4.78 is 0. The van der Waals surface area contributed by atoms with Crippen LogP contribution >= 0.6 is 11.6 Å². The van der Waals surface area contributed by atoms with Crippen LogP contribution in [0.1, 0.15) is 24.4 Å². The largest absolute Gasteiger partial charge is 0.481 e. The molecule has 6 heteroatoms. The molecule has 0 saturated carbocycles. The molecule has 5 nitrogen and oxygen atoms in total. The normalized spacial score (nSPS) is 21.9. The Hall–Kier alpha value is -2.53. The Kier molecular flexibility index (Phi) is 3.46. The number of amides is 1. The first-order chi connectivity index (χ1) is 11.6. The third-order valence-electron chi connectivity index (χ3n) is 4.68. The van der Waals surface area contributed by atoms with Gasteiger partial charge in [-0.15, -0.1) is 0 Å². The summed E-state index contributed by atoms with van der Waals surface area (Å²) >= 11 is 6.14. The van der Waals surface area contributed by atoms with E-state index in [0.717, 1.165) is 16.9 Å². The van der Waals surface area contributed by atoms with E-state index >= 15 is 0 Å². The number of hydrogen-bond donors (Lipinski definition) is 2. The number of aliphatic carboxylic acids is 1. The van der Waals surface area contributed by atoms with Gasteiger partial charge in [-0.1, -0.05) is 29.8 Å². The van der Waals surface area contributed by atoms with E-state index in [9.17, 15) is 14.7 Å². The fourth-order valence-electron chi connectivity index (χ4n) is 3.61. The summed E-state index contributed by atoms with van der Waals surface area (Å²) in [5, 5.41) is 13.5. The van der Waals surface area contributed by atoms with Gasteiger partial charge in [-0.05, 0) is 36.2 Å². The Morgan fingerprint density at radius 1 is 1.21 bits per heavy atom. The number of carboxylic acids is 1. The quantitative estimate of drug-likeness (QED) is 0.822. The number of halogens is 1. The van der Waals surface area contributed by atoms with Gasteiger partial charge in [-0.25, -0.2) is 0 Å². The number of hydrogen-bond acceptors (Lipinski definition) is 3. The zero-order chi connectivity index (χ0) is 16.8. The fraction of sp³-hybridized carbons (Fsp3) is 0.222. The molecule has 2 unspecified atom stereocenters. The van der Waals surface area contributed by atoms with Gasteiger partial charge in [-0.2, -0.15) is 0 Å². The highest BCUT2D eigenvalue weighted by Gasteiger charge is 2.44. The molecule has 0 bridgehead atoms. The van der Waals surface area contributed by atoms with Crippen LogP contribution in [0.2, 0.25) is 5.02 Å². The molecule has 1 saturated heterocycles. The van der Waals surface area contributed by atoms with E-state index in [-0.39, 0.29) is 12.3 Å². The van der Waals surface area contributed by atoms with E-state index in [1.807, 2.05) is 30.3 Å². The van der Waals surface area contributed by atoms with E-state index in [1.165, 1.54) is 0 Å². The summed E-state index contributed by atoms with van der Waals surface area (Å²) in [7, 11) is 0. The number of carboxylic acid groups (broad SMARTS) is 1. The van der Waals surface area contributed by atoms with E-state index in [2.05, 4.69) is 5.32 Å². The first kappa shape index (κ1) is 15.0. The van der Waals surface area contributed by atoms with Gasteiger partial charge in [0.2, 0.25) is 5.91 Å². The molecule has 1 amide bonds. The second kappa shape index (κ2) is 5.53. The summed E-state index contributed by atoms with van der Waals surface area (Å²) in [4.78, 5) is 26.1. The number of benzene rings is 2. The van der Waals surface area contributed by atoms with Crippen molar-refractivity contribution >= 4 is 40.5 Å². The smallest absolute Gasteiger partial charge is 0.308 e. The first-order valence-electron chi connectivity index (χ1n) is 7.76. The fourth-order valence-corrected chi connectivity index (χ4v) is 3.78. The van der Waals surface area contributed by atoms with Crippen LogP contribution in [0, 0.1) is 5.92 Å². The van der Waals surface area contributed by atoms with E-state index in [4.69, 9.17) is 11.6 Å². The Morgan fingerprint density at radius 3 is 2.79 bits per heavy atom. The van der Waals surface area contributed by atoms with Crippen molar-refractivity contribution in [1.82, 2.24) is 0 Å². The summed E-state index contributed by atoms with van der Waals surface area (Å²) in [5.74, 6) is -1.63. The molecule has 1 fully saturated rings. The number of piperidine rings is 1. The van der Waals surface area contributed by atoms with Crippen LogP contribution in [-0.2, 0) is 9.59 Å². The van der Waals surface area contributed by atoms with Crippen molar-refractivity contribution in [3.05, 3.63) is 53.1 Å². The standard InChI is InChI=1S/C18H15ClN2O3/c19-10-5-7-14-15(9-10)21-16(22)8-6-12(18(23)24)17(21)11-3-1-2-4-13(11)20-14/h1-5,7,9,12,17,20H,6,8H2,(H,23,24). The molecule has 122 valence electrons. The summed E-state index contributed by atoms with van der Waals surface area (Å²) in [6.07, 6.45) is 0.543. The minimum atomic E-state index is -0.891. The molecule has 4 rings (SSSR count). The molecule has 0 aromatic heterocycles. The molecule has 24 heavy (non-hydrogen) atoms. The van der Waals surface area contributed by atoms with Crippen molar-refractivity contribution in [3.8, 4) is 0 Å². The predicted octanol–water partition coefficient (Wildman–Crippen LogP) is 3.97. The number of carbonyl (C=O) groups excluding carboxylic acids is 1. The van der Waals surface area contributed by atoms with Gasteiger partial charge in [0.25, 0.3) is 0 Å². The molecule has 2 aliphatic rings. The number of para-hydroxylation sites is 1. The van der Waals surface area contributed by atoms with Crippen LogP contribution in [0.25, 0.3) is 0 Å². The van der Waals surface area contributed by atoms with Gasteiger partial charge in [0, 0.05) is 17.1 Å². The molecule has 2 aromatic carbocycles. The second-order valence-corrected chi connectivity index (χ2v) is 6.50.